The molecular weight excluding hydrogens is 242 g/mol. The molecule has 1 aromatic carbocycles. The van der Waals surface area contributed by atoms with Crippen LogP contribution >= 0.6 is 11.3 Å². The first-order chi connectivity index (χ1) is 8.79. The van der Waals surface area contributed by atoms with Gasteiger partial charge >= 0.3 is 0 Å². The number of rotatable bonds is 6. The number of thiophene rings is 1. The molecular formula is C15H19NOS. The molecule has 2 rings (SSSR count). The Morgan fingerprint density at radius 3 is 2.83 bits per heavy atom. The molecule has 0 amide bonds. The fourth-order valence-electron chi connectivity index (χ4n) is 1.86. The number of aryl methyl sites for hydroxylation is 1. The van der Waals surface area contributed by atoms with E-state index in [1.165, 1.54) is 10.4 Å². The lowest BCUT2D eigenvalue weighted by molar-refractivity contribution is 0.198. The second kappa shape index (κ2) is 6.57. The summed E-state index contributed by atoms with van der Waals surface area (Å²) in [5.41, 5.74) is 1.23. The lowest BCUT2D eigenvalue weighted by Gasteiger charge is -2.18. The largest absolute Gasteiger partial charge is 0.485 e. The van der Waals surface area contributed by atoms with E-state index in [-0.39, 0.29) is 6.10 Å². The van der Waals surface area contributed by atoms with Crippen molar-refractivity contribution >= 4 is 11.3 Å². The Bertz CT molecular complexity index is 467. The van der Waals surface area contributed by atoms with Gasteiger partial charge in [-0.2, -0.15) is 0 Å². The normalized spacial score (nSPS) is 12.3. The van der Waals surface area contributed by atoms with Gasteiger partial charge in [0.05, 0.1) is 0 Å². The fraction of sp³-hybridized carbons (Fsp3) is 0.333. The molecule has 0 saturated heterocycles. The molecule has 1 N–H and O–H groups in total. The van der Waals surface area contributed by atoms with Crippen molar-refractivity contribution in [2.45, 2.75) is 19.4 Å². The Kier molecular flexibility index (Phi) is 4.79. The van der Waals surface area contributed by atoms with Crippen LogP contribution in [0.2, 0.25) is 0 Å². The summed E-state index contributed by atoms with van der Waals surface area (Å²) in [6, 6.07) is 12.4. The van der Waals surface area contributed by atoms with Crippen molar-refractivity contribution in [3.05, 3.63) is 52.2 Å². The van der Waals surface area contributed by atoms with E-state index in [2.05, 4.69) is 41.9 Å². The van der Waals surface area contributed by atoms with E-state index >= 15 is 0 Å². The maximum absolute atomic E-state index is 6.11. The number of hydrogen-bond donors (Lipinski definition) is 1. The van der Waals surface area contributed by atoms with E-state index in [1.54, 1.807) is 11.3 Å². The molecule has 96 valence electrons. The second-order valence-electron chi connectivity index (χ2n) is 4.33. The average molecular weight is 261 g/mol. The maximum atomic E-state index is 6.11. The van der Waals surface area contributed by atoms with Crippen LogP contribution in [-0.4, -0.2) is 13.6 Å². The third-order valence-electron chi connectivity index (χ3n) is 2.78. The molecule has 2 nitrogen and oxygen atoms in total. The summed E-state index contributed by atoms with van der Waals surface area (Å²) in [4.78, 5) is 1.28. The lowest BCUT2D eigenvalue weighted by atomic mass is 10.2. The molecule has 0 aliphatic carbocycles. The van der Waals surface area contributed by atoms with E-state index < -0.39 is 0 Å². The summed E-state index contributed by atoms with van der Waals surface area (Å²) in [5, 5.41) is 5.28. The predicted octanol–water partition coefficient (Wildman–Crippen LogP) is 3.79. The van der Waals surface area contributed by atoms with Crippen molar-refractivity contribution in [3.8, 4) is 5.75 Å². The molecule has 2 aromatic rings. The molecule has 0 fully saturated rings. The molecule has 1 aromatic heterocycles. The maximum Gasteiger partial charge on any atom is 0.134 e. The number of ether oxygens (including phenoxy) is 1. The number of hydrogen-bond acceptors (Lipinski definition) is 3. The van der Waals surface area contributed by atoms with Crippen LogP contribution in [0.5, 0.6) is 5.75 Å². The van der Waals surface area contributed by atoms with Crippen molar-refractivity contribution in [3.63, 3.8) is 0 Å². The van der Waals surface area contributed by atoms with Gasteiger partial charge in [-0.25, -0.2) is 0 Å². The van der Waals surface area contributed by atoms with Crippen LogP contribution in [0.25, 0.3) is 0 Å². The van der Waals surface area contributed by atoms with Gasteiger partial charge in [-0.1, -0.05) is 18.2 Å². The van der Waals surface area contributed by atoms with Crippen molar-refractivity contribution < 1.29 is 4.74 Å². The zero-order valence-electron chi connectivity index (χ0n) is 10.8. The summed E-state index contributed by atoms with van der Waals surface area (Å²) < 4.78 is 6.11. The highest BCUT2D eigenvalue weighted by atomic mass is 32.1. The zero-order valence-corrected chi connectivity index (χ0v) is 11.7. The van der Waals surface area contributed by atoms with Gasteiger partial charge in [0.1, 0.15) is 11.9 Å². The SMILES string of the molecule is CNCCC(Oc1cccc(C)c1)c1cccs1. The molecule has 0 bridgehead atoms. The summed E-state index contributed by atoms with van der Waals surface area (Å²) in [7, 11) is 1.97. The Morgan fingerprint density at radius 1 is 1.28 bits per heavy atom. The highest BCUT2D eigenvalue weighted by Crippen LogP contribution is 2.28. The van der Waals surface area contributed by atoms with Crippen LogP contribution in [0, 0.1) is 6.92 Å². The van der Waals surface area contributed by atoms with Gasteiger partial charge in [0.15, 0.2) is 0 Å². The predicted molar refractivity (Wildman–Crippen MR) is 77.4 cm³/mol. The lowest BCUT2D eigenvalue weighted by Crippen LogP contribution is -2.15. The highest BCUT2D eigenvalue weighted by Gasteiger charge is 2.14. The van der Waals surface area contributed by atoms with Gasteiger partial charge in [0.2, 0.25) is 0 Å². The van der Waals surface area contributed by atoms with Crippen molar-refractivity contribution in [2.75, 3.05) is 13.6 Å². The second-order valence-corrected chi connectivity index (χ2v) is 5.31. The van der Waals surface area contributed by atoms with Gasteiger partial charge in [-0.05, 0) is 49.7 Å². The van der Waals surface area contributed by atoms with Gasteiger partial charge in [-0.3, -0.25) is 0 Å². The van der Waals surface area contributed by atoms with Crippen molar-refractivity contribution in [1.82, 2.24) is 5.32 Å². The van der Waals surface area contributed by atoms with Crippen LogP contribution < -0.4 is 10.1 Å². The van der Waals surface area contributed by atoms with Gasteiger partial charge in [-0.15, -0.1) is 11.3 Å². The molecule has 1 atom stereocenters. The minimum atomic E-state index is 0.138. The third-order valence-corrected chi connectivity index (χ3v) is 3.75. The van der Waals surface area contributed by atoms with Crippen molar-refractivity contribution in [2.24, 2.45) is 0 Å². The van der Waals surface area contributed by atoms with Crippen LogP contribution in [0.1, 0.15) is 23.0 Å². The molecule has 0 spiro atoms. The first kappa shape index (κ1) is 13.1. The highest BCUT2D eigenvalue weighted by molar-refractivity contribution is 7.10. The van der Waals surface area contributed by atoms with E-state index in [9.17, 15) is 0 Å². The van der Waals surface area contributed by atoms with Crippen LogP contribution in [-0.2, 0) is 0 Å². The molecule has 3 heteroatoms. The fourth-order valence-corrected chi connectivity index (χ4v) is 2.65. The Hall–Kier alpha value is -1.32. The molecule has 1 unspecified atom stereocenters. The monoisotopic (exact) mass is 261 g/mol. The molecule has 0 aliphatic heterocycles. The van der Waals surface area contributed by atoms with Crippen molar-refractivity contribution in [1.29, 1.82) is 0 Å². The number of benzene rings is 1. The Balaban J connectivity index is 2.10. The quantitative estimate of drug-likeness (QED) is 0.854. The molecule has 1 heterocycles. The van der Waals surface area contributed by atoms with Crippen LogP contribution in [0.4, 0.5) is 0 Å². The minimum absolute atomic E-state index is 0.138. The topological polar surface area (TPSA) is 21.3 Å². The molecule has 0 saturated carbocycles. The first-order valence-electron chi connectivity index (χ1n) is 6.21. The van der Waals surface area contributed by atoms with E-state index in [0.29, 0.717) is 0 Å². The van der Waals surface area contributed by atoms with E-state index in [1.807, 2.05) is 19.2 Å². The Morgan fingerprint density at radius 2 is 2.17 bits per heavy atom. The standard InChI is InChI=1S/C15H19NOS/c1-12-5-3-6-13(11-12)17-14(8-9-16-2)15-7-4-10-18-15/h3-7,10-11,14,16H,8-9H2,1-2H3. The number of nitrogens with one attached hydrogen (secondary N) is 1. The average Bonchev–Trinajstić information content (AvgIpc) is 2.88. The zero-order chi connectivity index (χ0) is 12.8. The van der Waals surface area contributed by atoms with E-state index in [0.717, 1.165) is 18.7 Å². The van der Waals surface area contributed by atoms with Gasteiger partial charge in [0.25, 0.3) is 0 Å². The molecule has 18 heavy (non-hydrogen) atoms. The Labute approximate surface area is 113 Å². The smallest absolute Gasteiger partial charge is 0.134 e. The van der Waals surface area contributed by atoms with E-state index in [4.69, 9.17) is 4.74 Å². The summed E-state index contributed by atoms with van der Waals surface area (Å²) in [6.07, 6.45) is 1.12. The van der Waals surface area contributed by atoms with Crippen LogP contribution in [0.15, 0.2) is 41.8 Å². The summed E-state index contributed by atoms with van der Waals surface area (Å²) in [5.74, 6) is 0.949. The third kappa shape index (κ3) is 3.59. The van der Waals surface area contributed by atoms with Gasteiger partial charge in [0, 0.05) is 11.3 Å². The van der Waals surface area contributed by atoms with Crippen LogP contribution in [0.3, 0.4) is 0 Å². The first-order valence-corrected chi connectivity index (χ1v) is 7.09. The molecule has 0 aliphatic rings. The van der Waals surface area contributed by atoms with Gasteiger partial charge < -0.3 is 10.1 Å². The summed E-state index contributed by atoms with van der Waals surface area (Å²) in [6.45, 7) is 3.04. The minimum Gasteiger partial charge on any atom is -0.485 e. The molecule has 0 radical (unpaired) electrons. The summed E-state index contributed by atoms with van der Waals surface area (Å²) >= 11 is 1.75.